The summed E-state index contributed by atoms with van der Waals surface area (Å²) in [7, 11) is 0. The number of amides is 1. The Morgan fingerprint density at radius 3 is 2.39 bits per heavy atom. The van der Waals surface area contributed by atoms with E-state index < -0.39 is 18.4 Å². The Labute approximate surface area is 162 Å². The van der Waals surface area contributed by atoms with Gasteiger partial charge >= 0.3 is 5.97 Å². The number of carbonyl (C=O) groups is 3. The van der Waals surface area contributed by atoms with Gasteiger partial charge in [0.2, 0.25) is 0 Å². The number of carbonyl (C=O) groups excluding carboxylic acids is 2. The Morgan fingerprint density at radius 2 is 1.71 bits per heavy atom. The summed E-state index contributed by atoms with van der Waals surface area (Å²) in [5.41, 5.74) is 1.81. The molecule has 0 saturated carbocycles. The van der Waals surface area contributed by atoms with Crippen LogP contribution in [0, 0.1) is 0 Å². The van der Waals surface area contributed by atoms with Gasteiger partial charge in [0, 0.05) is 55.4 Å². The highest BCUT2D eigenvalue weighted by atomic mass is 16.4. The predicted molar refractivity (Wildman–Crippen MR) is 101 cm³/mol. The normalized spacial score (nSPS) is 20.2. The average Bonchev–Trinajstić information content (AvgIpc) is 2.79. The molecule has 2 aromatic rings. The van der Waals surface area contributed by atoms with E-state index in [2.05, 4.69) is 9.88 Å². The van der Waals surface area contributed by atoms with Crippen LogP contribution in [0.3, 0.4) is 0 Å². The van der Waals surface area contributed by atoms with E-state index in [1.165, 1.54) is 5.01 Å². The van der Waals surface area contributed by atoms with Crippen LogP contribution in [-0.4, -0.2) is 70.0 Å². The third kappa shape index (κ3) is 3.34. The summed E-state index contributed by atoms with van der Waals surface area (Å²) >= 11 is 0. The fourth-order valence-electron chi connectivity index (χ4n) is 3.78. The Bertz CT molecular complexity index is 909. The maximum absolute atomic E-state index is 13.1. The lowest BCUT2D eigenvalue weighted by molar-refractivity contribution is -0.139. The quantitative estimate of drug-likeness (QED) is 0.854. The number of piperazine rings is 1. The molecule has 0 aliphatic carbocycles. The van der Waals surface area contributed by atoms with Crippen LogP contribution in [0.25, 0.3) is 0 Å². The second kappa shape index (κ2) is 7.40. The van der Waals surface area contributed by atoms with E-state index >= 15 is 0 Å². The number of Topliss-reactive ketones (excluding diaryl/α,β-unsaturated/α-hetero) is 1. The van der Waals surface area contributed by atoms with Crippen molar-refractivity contribution in [3.8, 4) is 0 Å². The van der Waals surface area contributed by atoms with Crippen molar-refractivity contribution in [2.24, 2.45) is 0 Å². The van der Waals surface area contributed by atoms with Crippen molar-refractivity contribution in [3.05, 3.63) is 59.9 Å². The number of benzene rings is 1. The summed E-state index contributed by atoms with van der Waals surface area (Å²) in [5, 5.41) is 12.5. The van der Waals surface area contributed by atoms with Crippen LogP contribution in [0.5, 0.6) is 0 Å². The number of anilines is 1. The maximum atomic E-state index is 13.1. The smallest absolute Gasteiger partial charge is 0.305 e. The molecular weight excluding hydrogens is 360 g/mol. The summed E-state index contributed by atoms with van der Waals surface area (Å²) in [6.45, 7) is 2.32. The van der Waals surface area contributed by atoms with E-state index in [0.717, 1.165) is 5.69 Å². The van der Waals surface area contributed by atoms with Crippen LogP contribution in [0.4, 0.5) is 5.69 Å². The molecule has 4 rings (SSSR count). The molecule has 2 aliphatic rings. The highest BCUT2D eigenvalue weighted by Crippen LogP contribution is 2.25. The SMILES string of the molecule is O=C(O)C[C@H]1C(=O)c2cccc(c2)C(=O)N1N1CCN(c2ccncc2)CC1. The molecule has 1 fully saturated rings. The van der Waals surface area contributed by atoms with E-state index in [9.17, 15) is 19.5 Å². The molecule has 0 unspecified atom stereocenters. The molecule has 1 saturated heterocycles. The van der Waals surface area contributed by atoms with Crippen LogP contribution < -0.4 is 4.90 Å². The van der Waals surface area contributed by atoms with Crippen molar-refractivity contribution < 1.29 is 19.5 Å². The molecule has 2 aliphatic heterocycles. The first-order valence-electron chi connectivity index (χ1n) is 9.14. The number of fused-ring (bicyclic) bond motifs is 2. The van der Waals surface area contributed by atoms with Crippen molar-refractivity contribution in [1.29, 1.82) is 0 Å². The van der Waals surface area contributed by atoms with E-state index in [-0.39, 0.29) is 11.7 Å². The Balaban J connectivity index is 1.60. The minimum Gasteiger partial charge on any atom is -0.481 e. The van der Waals surface area contributed by atoms with Crippen molar-refractivity contribution in [3.63, 3.8) is 0 Å². The molecule has 1 N–H and O–H groups in total. The molecule has 144 valence electrons. The summed E-state index contributed by atoms with van der Waals surface area (Å²) < 4.78 is 0. The van der Waals surface area contributed by atoms with Gasteiger partial charge in [-0.3, -0.25) is 24.4 Å². The number of hydrogen-bond donors (Lipinski definition) is 1. The van der Waals surface area contributed by atoms with Gasteiger partial charge in [-0.2, -0.15) is 0 Å². The largest absolute Gasteiger partial charge is 0.481 e. The predicted octanol–water partition coefficient (Wildman–Crippen LogP) is 1.30. The Morgan fingerprint density at radius 1 is 1.04 bits per heavy atom. The number of hydrogen-bond acceptors (Lipinski definition) is 6. The van der Waals surface area contributed by atoms with Gasteiger partial charge in [0.15, 0.2) is 5.78 Å². The molecular formula is C20H20N4O4. The minimum absolute atomic E-state index is 0.337. The number of hydrazine groups is 1. The van der Waals surface area contributed by atoms with Gasteiger partial charge < -0.3 is 10.0 Å². The molecule has 1 atom stereocenters. The second-order valence-corrected chi connectivity index (χ2v) is 6.85. The zero-order valence-electron chi connectivity index (χ0n) is 15.2. The number of pyridine rings is 1. The summed E-state index contributed by atoms with van der Waals surface area (Å²) in [6.07, 6.45) is 3.04. The number of carboxylic acids is 1. The average molecular weight is 380 g/mol. The summed E-state index contributed by atoms with van der Waals surface area (Å²) in [5.74, 6) is -1.79. The molecule has 2 bridgehead atoms. The van der Waals surface area contributed by atoms with Crippen LogP contribution in [0.2, 0.25) is 0 Å². The topological polar surface area (TPSA) is 94.0 Å². The lowest BCUT2D eigenvalue weighted by Crippen LogP contribution is -2.60. The number of ketones is 1. The molecule has 1 aromatic carbocycles. The lowest BCUT2D eigenvalue weighted by Gasteiger charge is -2.43. The molecule has 8 heteroatoms. The van der Waals surface area contributed by atoms with Crippen LogP contribution in [-0.2, 0) is 4.79 Å². The molecule has 1 aromatic heterocycles. The molecule has 3 heterocycles. The number of aliphatic carboxylic acids is 1. The summed E-state index contributed by atoms with van der Waals surface area (Å²) in [6, 6.07) is 9.29. The van der Waals surface area contributed by atoms with Gasteiger partial charge in [-0.1, -0.05) is 12.1 Å². The van der Waals surface area contributed by atoms with Crippen LogP contribution in [0.1, 0.15) is 27.1 Å². The molecule has 8 nitrogen and oxygen atoms in total. The molecule has 0 spiro atoms. The first-order chi connectivity index (χ1) is 13.5. The summed E-state index contributed by atoms with van der Waals surface area (Å²) in [4.78, 5) is 43.7. The standard InChI is InChI=1S/C20H20N4O4/c25-18(26)13-17-19(27)14-2-1-3-15(12-14)20(28)24(17)23-10-8-22(9-11-23)16-4-6-21-7-5-16/h1-7,12,17H,8-11,13H2,(H,25,26)/t17-/m0/s1. The van der Waals surface area contributed by atoms with E-state index in [1.54, 1.807) is 36.7 Å². The first-order valence-corrected chi connectivity index (χ1v) is 9.14. The van der Waals surface area contributed by atoms with Gasteiger partial charge in [0.1, 0.15) is 6.04 Å². The van der Waals surface area contributed by atoms with Gasteiger partial charge in [-0.15, -0.1) is 0 Å². The molecule has 0 radical (unpaired) electrons. The van der Waals surface area contributed by atoms with E-state index in [1.807, 2.05) is 17.1 Å². The number of rotatable bonds is 4. The monoisotopic (exact) mass is 380 g/mol. The van der Waals surface area contributed by atoms with Gasteiger partial charge in [-0.05, 0) is 24.3 Å². The maximum Gasteiger partial charge on any atom is 0.305 e. The lowest BCUT2D eigenvalue weighted by atomic mass is 10.0. The van der Waals surface area contributed by atoms with Crippen molar-refractivity contribution >= 4 is 23.3 Å². The fourth-order valence-corrected chi connectivity index (χ4v) is 3.78. The van der Waals surface area contributed by atoms with E-state index in [0.29, 0.717) is 37.3 Å². The van der Waals surface area contributed by atoms with Crippen LogP contribution >= 0.6 is 0 Å². The fraction of sp³-hybridized carbons (Fsp3) is 0.300. The molecule has 1 amide bonds. The van der Waals surface area contributed by atoms with Gasteiger partial charge in [-0.25, -0.2) is 5.01 Å². The number of carboxylic acid groups (broad SMARTS) is 1. The van der Waals surface area contributed by atoms with E-state index in [4.69, 9.17) is 0 Å². The third-order valence-electron chi connectivity index (χ3n) is 5.16. The van der Waals surface area contributed by atoms with Crippen LogP contribution in [0.15, 0.2) is 48.8 Å². The van der Waals surface area contributed by atoms with Crippen molar-refractivity contribution in [2.45, 2.75) is 12.5 Å². The molecule has 28 heavy (non-hydrogen) atoms. The van der Waals surface area contributed by atoms with Gasteiger partial charge in [0.05, 0.1) is 6.42 Å². The third-order valence-corrected chi connectivity index (χ3v) is 5.16. The number of nitrogens with zero attached hydrogens (tertiary/aromatic N) is 4. The van der Waals surface area contributed by atoms with Crippen molar-refractivity contribution in [2.75, 3.05) is 31.1 Å². The van der Waals surface area contributed by atoms with Crippen molar-refractivity contribution in [1.82, 2.24) is 15.0 Å². The first kappa shape index (κ1) is 18.1. The second-order valence-electron chi connectivity index (χ2n) is 6.85. The Kier molecular flexibility index (Phi) is 4.79. The zero-order valence-corrected chi connectivity index (χ0v) is 15.2. The Hall–Kier alpha value is -3.26. The number of aromatic nitrogens is 1. The zero-order chi connectivity index (χ0) is 19.7. The minimum atomic E-state index is -1.11. The van der Waals surface area contributed by atoms with Gasteiger partial charge in [0.25, 0.3) is 5.91 Å². The highest BCUT2D eigenvalue weighted by molar-refractivity contribution is 6.09. The highest BCUT2D eigenvalue weighted by Gasteiger charge is 2.40.